The molecule has 2 aromatic carbocycles. The number of nitrogens with zero attached hydrogens (tertiary/aromatic N) is 2. The van der Waals surface area contributed by atoms with Crippen molar-refractivity contribution in [2.75, 3.05) is 0 Å². The van der Waals surface area contributed by atoms with Crippen molar-refractivity contribution >= 4 is 11.4 Å². The van der Waals surface area contributed by atoms with Gasteiger partial charge in [-0.2, -0.15) is 13.8 Å². The minimum absolute atomic E-state index is 0. The molecule has 0 radical (unpaired) electrons. The normalized spacial score (nSPS) is 12.2. The maximum atomic E-state index is 11.2. The van der Waals surface area contributed by atoms with Gasteiger partial charge in [0.25, 0.3) is 0 Å². The smallest absolute Gasteiger partial charge is 0.493 e. The van der Waals surface area contributed by atoms with Crippen molar-refractivity contribution in [2.24, 2.45) is 0 Å². The largest absolute Gasteiger partial charge is 2.00 e. The summed E-state index contributed by atoms with van der Waals surface area (Å²) in [5, 5.41) is 0. The molecule has 0 saturated carbocycles. The number of hydrogen-bond acceptors (Lipinski definition) is 0. The Kier molecular flexibility index (Phi) is 18.4. The van der Waals surface area contributed by atoms with Crippen LogP contribution < -0.4 is 0 Å². The minimum atomic E-state index is 0. The van der Waals surface area contributed by atoms with Crippen LogP contribution in [-0.4, -0.2) is 4.70 Å². The maximum Gasteiger partial charge on any atom is 2.00 e. The quantitative estimate of drug-likeness (QED) is 0.112. The van der Waals surface area contributed by atoms with Crippen LogP contribution in [0.5, 0.6) is 0 Å². The molecular formula is C32H46N2Pd. The number of rotatable bonds is 11. The van der Waals surface area contributed by atoms with Crippen LogP contribution in [0.4, 0.5) is 0 Å². The van der Waals surface area contributed by atoms with Crippen molar-refractivity contribution in [2.45, 2.75) is 92.4 Å². The Balaban J connectivity index is 0.00000220. The average Bonchev–Trinajstić information content (AvgIpc) is 3.23. The second-order valence-corrected chi connectivity index (χ2v) is 8.38. The molecule has 0 aromatic heterocycles. The van der Waals surface area contributed by atoms with Crippen LogP contribution >= 0.6 is 0 Å². The van der Waals surface area contributed by atoms with Crippen molar-refractivity contribution in [3.63, 3.8) is 0 Å². The number of aryl methyl sites for hydroxylation is 2. The van der Waals surface area contributed by atoms with Crippen molar-refractivity contribution < 1.29 is 25.1 Å². The molecular weight excluding hydrogens is 519 g/mol. The van der Waals surface area contributed by atoms with Crippen LogP contribution in [-0.2, 0) is 33.3 Å². The molecule has 3 heteroatoms. The van der Waals surface area contributed by atoms with Gasteiger partial charge in [0.15, 0.2) is 0 Å². The van der Waals surface area contributed by atoms with Crippen LogP contribution in [0.15, 0.2) is 60.2 Å². The van der Waals surface area contributed by atoms with Crippen LogP contribution in [0.3, 0.4) is 0 Å². The van der Waals surface area contributed by atoms with E-state index in [0.29, 0.717) is 0 Å². The first-order chi connectivity index (χ1) is 16.7. The van der Waals surface area contributed by atoms with Gasteiger partial charge in [-0.1, -0.05) is 70.7 Å². The first kappa shape index (κ1) is 33.2. The van der Waals surface area contributed by atoms with Gasteiger partial charge >= 0.3 is 20.4 Å². The molecule has 35 heavy (non-hydrogen) atoms. The summed E-state index contributed by atoms with van der Waals surface area (Å²) < 4.78 is 1.43. The zero-order valence-electron chi connectivity index (χ0n) is 22.7. The molecule has 2 nitrogen and oxygen atoms in total. The average molecular weight is 565 g/mol. The van der Waals surface area contributed by atoms with Gasteiger partial charge in [-0.3, -0.25) is 0 Å². The Morgan fingerprint density at radius 3 is 1.94 bits per heavy atom. The first-order valence-corrected chi connectivity index (χ1v) is 13.2. The number of allylic oxidation sites excluding steroid dienone is 2. The molecule has 0 unspecified atom stereocenters. The molecule has 0 aliphatic carbocycles. The van der Waals surface area contributed by atoms with Gasteiger partial charge in [0.1, 0.15) is 0 Å². The third kappa shape index (κ3) is 9.99. The van der Waals surface area contributed by atoms with E-state index in [0.717, 1.165) is 54.6 Å². The molecule has 0 N–H and O–H groups in total. The van der Waals surface area contributed by atoms with E-state index < -0.39 is 0 Å². The Labute approximate surface area is 230 Å². The molecule has 0 amide bonds. The molecule has 1 aliphatic rings. The molecule has 194 valence electrons. The first-order valence-electron chi connectivity index (χ1n) is 13.2. The summed E-state index contributed by atoms with van der Waals surface area (Å²) >= 11 is 0. The molecule has 0 fully saturated rings. The van der Waals surface area contributed by atoms with Gasteiger partial charge < -0.3 is 19.4 Å². The standard InChI is InChI=1S/C28H36N2.2C2H5.Pd/c1-4-7-9-10-13-23-15-12-18-25(20-23)28-26(16-8-5-2)21-27(30(28)29)24-17-11-14-22(6-3)19-24;2*1-2;/h11-12,14-15,17-21H,4-10,13,16H2,1-3H3;2*1H2,2H3;/q;2*-1;+2. The third-order valence-corrected chi connectivity index (χ3v) is 6.01. The number of unbranched alkanes of at least 4 members (excludes halogenated alkanes) is 4. The zero-order valence-corrected chi connectivity index (χ0v) is 24.2. The molecule has 2 aromatic rings. The fourth-order valence-electron chi connectivity index (χ4n) is 4.20. The van der Waals surface area contributed by atoms with Crippen molar-refractivity contribution in [3.8, 4) is 0 Å². The molecule has 3 rings (SSSR count). The van der Waals surface area contributed by atoms with Crippen LogP contribution in [0.25, 0.3) is 16.9 Å². The number of hydrogen-bond donors (Lipinski definition) is 0. The summed E-state index contributed by atoms with van der Waals surface area (Å²) in [7, 11) is 0. The van der Waals surface area contributed by atoms with E-state index in [-0.39, 0.29) is 20.4 Å². The summed E-state index contributed by atoms with van der Waals surface area (Å²) in [4.78, 5) is 0. The SMILES string of the molecule is CCCCCCc1cccc(C2=C(CCCC)C=C(c3cccc(CC)c3)[N+]2=[N-])c1.[CH2-]C.[CH2-]C.[Pd+2]. The van der Waals surface area contributed by atoms with Crippen LogP contribution in [0.1, 0.15) is 102 Å². The molecule has 0 atom stereocenters. The Bertz CT molecular complexity index is 940. The molecule has 1 heterocycles. The van der Waals surface area contributed by atoms with E-state index in [4.69, 9.17) is 0 Å². The van der Waals surface area contributed by atoms with E-state index >= 15 is 0 Å². The fraction of sp³-hybridized carbons (Fsp3) is 0.438. The Morgan fingerprint density at radius 1 is 0.714 bits per heavy atom. The zero-order chi connectivity index (χ0) is 25.3. The van der Waals surface area contributed by atoms with Gasteiger partial charge in [-0.25, -0.2) is 4.70 Å². The van der Waals surface area contributed by atoms with Gasteiger partial charge in [0, 0.05) is 22.8 Å². The summed E-state index contributed by atoms with van der Waals surface area (Å²) in [6.45, 7) is 16.6. The van der Waals surface area contributed by atoms with E-state index in [1.54, 1.807) is 13.8 Å². The number of benzene rings is 2. The summed E-state index contributed by atoms with van der Waals surface area (Å²) in [5.74, 6) is 0. The van der Waals surface area contributed by atoms with E-state index in [9.17, 15) is 5.53 Å². The van der Waals surface area contributed by atoms with Gasteiger partial charge in [0.2, 0.25) is 11.4 Å². The Morgan fingerprint density at radius 2 is 1.31 bits per heavy atom. The van der Waals surface area contributed by atoms with E-state index in [1.807, 2.05) is 0 Å². The summed E-state index contributed by atoms with van der Waals surface area (Å²) in [6, 6.07) is 17.3. The second-order valence-electron chi connectivity index (χ2n) is 8.38. The van der Waals surface area contributed by atoms with Crippen LogP contribution in [0.2, 0.25) is 0 Å². The summed E-state index contributed by atoms with van der Waals surface area (Å²) in [5.41, 5.74) is 19.2. The molecule has 0 spiro atoms. The topological polar surface area (TPSA) is 25.3 Å². The minimum Gasteiger partial charge on any atom is -0.493 e. The molecule has 0 saturated heterocycles. The maximum absolute atomic E-state index is 11.2. The van der Waals surface area contributed by atoms with Crippen molar-refractivity contribution in [1.29, 1.82) is 0 Å². The van der Waals surface area contributed by atoms with Gasteiger partial charge in [-0.15, -0.1) is 0 Å². The van der Waals surface area contributed by atoms with E-state index in [2.05, 4.69) is 89.2 Å². The summed E-state index contributed by atoms with van der Waals surface area (Å²) in [6.07, 6.45) is 12.6. The van der Waals surface area contributed by atoms with Gasteiger partial charge in [-0.05, 0) is 67.5 Å². The third-order valence-electron chi connectivity index (χ3n) is 6.01. The van der Waals surface area contributed by atoms with Crippen molar-refractivity contribution in [1.82, 2.24) is 0 Å². The van der Waals surface area contributed by atoms with Crippen molar-refractivity contribution in [3.05, 3.63) is 102 Å². The molecule has 0 bridgehead atoms. The van der Waals surface area contributed by atoms with E-state index in [1.165, 1.54) is 47.1 Å². The predicted molar refractivity (Wildman–Crippen MR) is 150 cm³/mol. The molecule has 1 aliphatic heterocycles. The second kappa shape index (κ2) is 19.4. The Hall–Kier alpha value is -1.82. The fourth-order valence-corrected chi connectivity index (χ4v) is 4.20. The van der Waals surface area contributed by atoms with Gasteiger partial charge in [0.05, 0.1) is 0 Å². The monoisotopic (exact) mass is 564 g/mol. The predicted octanol–water partition coefficient (Wildman–Crippen LogP) is 10.0. The van der Waals surface area contributed by atoms with Crippen LogP contribution in [0, 0.1) is 13.8 Å².